The lowest BCUT2D eigenvalue weighted by Gasteiger charge is -2.07. The minimum atomic E-state index is -0.570. The van der Waals surface area contributed by atoms with Crippen molar-refractivity contribution in [1.29, 1.82) is 0 Å². The number of aromatic nitrogens is 2. The number of rotatable bonds is 5. The Hall–Kier alpha value is -2.67. The largest absolute Gasteiger partial charge is 0.354 e. The number of nitrogens with zero attached hydrogens (tertiary/aromatic N) is 1. The van der Waals surface area contributed by atoms with E-state index in [1.54, 1.807) is 11.4 Å². The second-order valence-corrected chi connectivity index (χ2v) is 6.49. The third-order valence-corrected chi connectivity index (χ3v) is 4.61. The number of H-pyrrole nitrogens is 1. The molecule has 0 unspecified atom stereocenters. The number of aromatic amines is 1. The molecule has 1 aromatic carbocycles. The Morgan fingerprint density at radius 1 is 1.29 bits per heavy atom. The Morgan fingerprint density at radius 2 is 2.12 bits per heavy atom. The third-order valence-electron chi connectivity index (χ3n) is 3.71. The number of fused-ring (bicyclic) bond motifs is 1. The van der Waals surface area contributed by atoms with Gasteiger partial charge in [0.25, 0.3) is 5.56 Å². The van der Waals surface area contributed by atoms with Crippen LogP contribution >= 0.6 is 11.3 Å². The number of amides is 1. The lowest BCUT2D eigenvalue weighted by atomic mass is 10.1. The lowest BCUT2D eigenvalue weighted by Crippen LogP contribution is -2.40. The molecule has 124 valence electrons. The summed E-state index contributed by atoms with van der Waals surface area (Å²) in [6.07, 6.45) is 0.697. The van der Waals surface area contributed by atoms with Crippen LogP contribution in [0.15, 0.2) is 45.3 Å². The van der Waals surface area contributed by atoms with Crippen molar-refractivity contribution in [3.63, 3.8) is 0 Å². The second kappa shape index (κ2) is 6.84. The Labute approximate surface area is 141 Å². The summed E-state index contributed by atoms with van der Waals surface area (Å²) in [5.41, 5.74) is 1.80. The Morgan fingerprint density at radius 3 is 2.92 bits per heavy atom. The molecule has 0 spiro atoms. The standard InChI is InChI=1S/C17H17N3O3S/c1-11-3-2-4-12(9-11)5-7-18-14(21)10-20-16(22)15-13(6-8-24-15)19-17(20)23/h2-4,6,8-9H,5,7,10H2,1H3,(H,18,21)(H,19,23). The summed E-state index contributed by atoms with van der Waals surface area (Å²) in [5.74, 6) is -0.355. The molecule has 0 fully saturated rings. The van der Waals surface area contributed by atoms with Crippen molar-refractivity contribution in [2.75, 3.05) is 6.54 Å². The summed E-state index contributed by atoms with van der Waals surface area (Å²) < 4.78 is 1.38. The van der Waals surface area contributed by atoms with Gasteiger partial charge >= 0.3 is 5.69 Å². The van der Waals surface area contributed by atoms with Gasteiger partial charge in [-0.1, -0.05) is 29.8 Å². The number of hydrogen-bond donors (Lipinski definition) is 2. The molecule has 0 aliphatic carbocycles. The van der Waals surface area contributed by atoms with E-state index in [1.807, 2.05) is 25.1 Å². The minimum Gasteiger partial charge on any atom is -0.354 e. The van der Waals surface area contributed by atoms with Crippen LogP contribution in [0.3, 0.4) is 0 Å². The minimum absolute atomic E-state index is 0.282. The Kier molecular flexibility index (Phi) is 4.61. The van der Waals surface area contributed by atoms with Gasteiger partial charge in [-0.3, -0.25) is 9.59 Å². The normalized spacial score (nSPS) is 10.9. The quantitative estimate of drug-likeness (QED) is 0.735. The Balaban J connectivity index is 1.65. The van der Waals surface area contributed by atoms with Crippen molar-refractivity contribution in [2.24, 2.45) is 0 Å². The molecule has 0 aliphatic rings. The lowest BCUT2D eigenvalue weighted by molar-refractivity contribution is -0.121. The highest BCUT2D eigenvalue weighted by Gasteiger charge is 2.11. The van der Waals surface area contributed by atoms with E-state index in [0.717, 1.165) is 10.1 Å². The zero-order valence-corrected chi connectivity index (χ0v) is 14.0. The van der Waals surface area contributed by atoms with Crippen LogP contribution in [0.2, 0.25) is 0 Å². The molecule has 2 N–H and O–H groups in total. The summed E-state index contributed by atoms with van der Waals surface area (Å²) in [6.45, 7) is 2.19. The van der Waals surface area contributed by atoms with Gasteiger partial charge in [-0.15, -0.1) is 11.3 Å². The maximum Gasteiger partial charge on any atom is 0.329 e. The average Bonchev–Trinajstić information content (AvgIpc) is 3.00. The molecule has 3 rings (SSSR count). The number of hydrogen-bond acceptors (Lipinski definition) is 4. The highest BCUT2D eigenvalue weighted by atomic mass is 32.1. The van der Waals surface area contributed by atoms with Gasteiger partial charge in [0.05, 0.1) is 5.52 Å². The Bertz CT molecular complexity index is 1000. The zero-order valence-electron chi connectivity index (χ0n) is 13.2. The summed E-state index contributed by atoms with van der Waals surface area (Å²) in [6, 6.07) is 9.73. The monoisotopic (exact) mass is 343 g/mol. The first kappa shape index (κ1) is 16.2. The van der Waals surface area contributed by atoms with E-state index in [-0.39, 0.29) is 12.5 Å². The summed E-state index contributed by atoms with van der Waals surface area (Å²) in [4.78, 5) is 38.8. The molecule has 0 bridgehead atoms. The van der Waals surface area contributed by atoms with Gasteiger partial charge in [-0.25, -0.2) is 9.36 Å². The number of nitrogens with one attached hydrogen (secondary N) is 2. The molecular weight excluding hydrogens is 326 g/mol. The van der Waals surface area contributed by atoms with Gasteiger partial charge in [0, 0.05) is 6.54 Å². The van der Waals surface area contributed by atoms with Crippen LogP contribution in [0.1, 0.15) is 11.1 Å². The molecular formula is C17H17N3O3S. The fraction of sp³-hybridized carbons (Fsp3) is 0.235. The van der Waals surface area contributed by atoms with Crippen molar-refractivity contribution in [2.45, 2.75) is 19.9 Å². The van der Waals surface area contributed by atoms with Crippen molar-refractivity contribution in [3.8, 4) is 0 Å². The molecule has 2 aromatic heterocycles. The van der Waals surface area contributed by atoms with Crippen molar-refractivity contribution < 1.29 is 4.79 Å². The molecule has 7 heteroatoms. The third kappa shape index (κ3) is 3.46. The van der Waals surface area contributed by atoms with Crippen molar-refractivity contribution in [3.05, 3.63) is 67.7 Å². The number of aryl methyl sites for hydroxylation is 1. The SMILES string of the molecule is Cc1cccc(CCNC(=O)Cn2c(=O)[nH]c3ccsc3c2=O)c1. The topological polar surface area (TPSA) is 84.0 Å². The first-order valence-electron chi connectivity index (χ1n) is 7.57. The molecule has 0 radical (unpaired) electrons. The van der Waals surface area contributed by atoms with E-state index in [1.165, 1.54) is 16.9 Å². The van der Waals surface area contributed by atoms with Crippen LogP contribution in [0, 0.1) is 6.92 Å². The average molecular weight is 343 g/mol. The number of benzene rings is 1. The summed E-state index contributed by atoms with van der Waals surface area (Å²) in [5, 5.41) is 4.48. The number of carbonyl (C=O) groups is 1. The van der Waals surface area contributed by atoms with Gasteiger partial charge in [0.15, 0.2) is 0 Å². The molecule has 6 nitrogen and oxygen atoms in total. The van der Waals surface area contributed by atoms with Gasteiger partial charge in [0.1, 0.15) is 11.2 Å². The predicted molar refractivity (Wildman–Crippen MR) is 94.6 cm³/mol. The second-order valence-electron chi connectivity index (χ2n) is 5.57. The summed E-state index contributed by atoms with van der Waals surface area (Å²) >= 11 is 1.25. The molecule has 3 aromatic rings. The first-order chi connectivity index (χ1) is 11.5. The fourth-order valence-corrected chi connectivity index (χ4v) is 3.33. The zero-order chi connectivity index (χ0) is 17.1. The maximum atomic E-state index is 12.3. The molecule has 2 heterocycles. The van der Waals surface area contributed by atoms with Gasteiger partial charge < -0.3 is 10.3 Å². The molecule has 0 saturated heterocycles. The predicted octanol–water partition coefficient (Wildman–Crippen LogP) is 1.42. The molecule has 0 atom stereocenters. The first-order valence-corrected chi connectivity index (χ1v) is 8.45. The van der Waals surface area contributed by atoms with Gasteiger partial charge in [-0.05, 0) is 30.4 Å². The van der Waals surface area contributed by atoms with Crippen LogP contribution in [-0.4, -0.2) is 22.0 Å². The van der Waals surface area contributed by atoms with E-state index in [0.29, 0.717) is 23.2 Å². The van der Waals surface area contributed by atoms with E-state index >= 15 is 0 Å². The molecule has 1 amide bonds. The molecule has 24 heavy (non-hydrogen) atoms. The highest BCUT2D eigenvalue weighted by molar-refractivity contribution is 7.17. The number of thiophene rings is 1. The smallest absolute Gasteiger partial charge is 0.329 e. The van der Waals surface area contributed by atoms with Crippen LogP contribution in [0.5, 0.6) is 0 Å². The van der Waals surface area contributed by atoms with E-state index in [4.69, 9.17) is 0 Å². The molecule has 0 saturated carbocycles. The van der Waals surface area contributed by atoms with E-state index < -0.39 is 11.2 Å². The maximum absolute atomic E-state index is 12.3. The van der Waals surface area contributed by atoms with Crippen LogP contribution in [-0.2, 0) is 17.8 Å². The summed E-state index contributed by atoms with van der Waals surface area (Å²) in [7, 11) is 0. The van der Waals surface area contributed by atoms with Gasteiger partial charge in [-0.2, -0.15) is 0 Å². The van der Waals surface area contributed by atoms with Crippen molar-refractivity contribution >= 4 is 27.5 Å². The highest BCUT2D eigenvalue weighted by Crippen LogP contribution is 2.11. The van der Waals surface area contributed by atoms with Crippen LogP contribution in [0.4, 0.5) is 0 Å². The fourth-order valence-electron chi connectivity index (χ4n) is 2.53. The van der Waals surface area contributed by atoms with Crippen LogP contribution < -0.4 is 16.6 Å². The van der Waals surface area contributed by atoms with Crippen LogP contribution in [0.25, 0.3) is 10.2 Å². The van der Waals surface area contributed by atoms with Crippen molar-refractivity contribution in [1.82, 2.24) is 14.9 Å². The molecule has 0 aliphatic heterocycles. The van der Waals surface area contributed by atoms with Gasteiger partial charge in [0.2, 0.25) is 5.91 Å². The van der Waals surface area contributed by atoms with E-state index in [9.17, 15) is 14.4 Å². The van der Waals surface area contributed by atoms with E-state index in [2.05, 4.69) is 16.4 Å². The number of carbonyl (C=O) groups excluding carboxylic acids is 1.